The molecule has 1 fully saturated rings. The molecule has 0 aliphatic heterocycles. The first-order valence-corrected chi connectivity index (χ1v) is 7.21. The molecular formula is C16H24O4. The summed E-state index contributed by atoms with van der Waals surface area (Å²) >= 11 is 0. The molecule has 1 atom stereocenters. The normalized spacial score (nSPS) is 18.8. The van der Waals surface area contributed by atoms with E-state index in [9.17, 15) is 5.11 Å². The smallest absolute Gasteiger partial charge is 0.125 e. The highest BCUT2D eigenvalue weighted by Crippen LogP contribution is 2.45. The molecule has 0 radical (unpaired) electrons. The van der Waals surface area contributed by atoms with Crippen molar-refractivity contribution < 1.29 is 19.3 Å². The Balaban J connectivity index is 2.37. The summed E-state index contributed by atoms with van der Waals surface area (Å²) in [5, 5.41) is 10.9. The number of benzene rings is 1. The van der Waals surface area contributed by atoms with E-state index in [4.69, 9.17) is 14.2 Å². The number of aliphatic hydroxyl groups excluding tert-OH is 1. The van der Waals surface area contributed by atoms with E-state index in [1.807, 2.05) is 25.1 Å². The third-order valence-electron chi connectivity index (χ3n) is 4.11. The molecule has 1 N–H and O–H groups in total. The minimum absolute atomic E-state index is 0.492. The van der Waals surface area contributed by atoms with Crippen LogP contribution in [0.25, 0.3) is 0 Å². The second-order valence-corrected chi connectivity index (χ2v) is 5.22. The van der Waals surface area contributed by atoms with Gasteiger partial charge in [0, 0.05) is 12.2 Å². The molecule has 0 aromatic heterocycles. The van der Waals surface area contributed by atoms with Gasteiger partial charge >= 0.3 is 0 Å². The van der Waals surface area contributed by atoms with Gasteiger partial charge in [-0.25, -0.2) is 0 Å². The summed E-state index contributed by atoms with van der Waals surface area (Å²) in [4.78, 5) is 0. The monoisotopic (exact) mass is 280 g/mol. The van der Waals surface area contributed by atoms with Gasteiger partial charge in [-0.15, -0.1) is 0 Å². The number of ether oxygens (including phenoxy) is 3. The van der Waals surface area contributed by atoms with Gasteiger partial charge in [0.05, 0.1) is 19.8 Å². The van der Waals surface area contributed by atoms with Crippen molar-refractivity contribution in [3.05, 3.63) is 23.8 Å². The molecule has 0 spiro atoms. The standard InChI is InChI=1S/C16H24O4/c1-4-20-16(9-5-6-10-16)15(17)13-11-12(18-2)7-8-14(13)19-3/h7-8,11,15,17H,4-6,9-10H2,1-3H3. The fourth-order valence-electron chi connectivity index (χ4n) is 3.09. The SMILES string of the molecule is CCOC1(C(O)c2cc(OC)ccc2OC)CCCC1. The predicted octanol–water partition coefficient (Wildman–Crippen LogP) is 3.09. The third kappa shape index (κ3) is 2.76. The topological polar surface area (TPSA) is 47.9 Å². The lowest BCUT2D eigenvalue weighted by Gasteiger charge is -2.35. The average Bonchev–Trinajstić information content (AvgIpc) is 2.96. The summed E-state index contributed by atoms with van der Waals surface area (Å²) < 4.78 is 16.6. The van der Waals surface area contributed by atoms with E-state index in [1.165, 1.54) is 0 Å². The molecule has 1 aliphatic carbocycles. The van der Waals surface area contributed by atoms with Crippen molar-refractivity contribution >= 4 is 0 Å². The zero-order valence-electron chi connectivity index (χ0n) is 12.5. The Labute approximate surface area is 120 Å². The van der Waals surface area contributed by atoms with Gasteiger partial charge in [0.2, 0.25) is 0 Å². The minimum atomic E-state index is -0.699. The van der Waals surface area contributed by atoms with Crippen molar-refractivity contribution in [2.75, 3.05) is 20.8 Å². The predicted molar refractivity (Wildman–Crippen MR) is 77.3 cm³/mol. The van der Waals surface area contributed by atoms with E-state index in [2.05, 4.69) is 0 Å². The Kier molecular flexibility index (Phi) is 4.89. The molecule has 4 nitrogen and oxygen atoms in total. The van der Waals surface area contributed by atoms with Gasteiger partial charge in [0.1, 0.15) is 17.6 Å². The van der Waals surface area contributed by atoms with E-state index in [1.54, 1.807) is 14.2 Å². The molecule has 20 heavy (non-hydrogen) atoms. The number of hydrogen-bond donors (Lipinski definition) is 1. The van der Waals surface area contributed by atoms with Gasteiger partial charge in [-0.1, -0.05) is 12.8 Å². The number of aliphatic hydroxyl groups is 1. The molecule has 0 saturated heterocycles. The van der Waals surface area contributed by atoms with Crippen molar-refractivity contribution in [2.45, 2.75) is 44.3 Å². The summed E-state index contributed by atoms with van der Waals surface area (Å²) in [5.41, 5.74) is 0.246. The number of rotatable bonds is 6. The maximum atomic E-state index is 10.9. The molecule has 1 aliphatic rings. The summed E-state index contributed by atoms with van der Waals surface area (Å²) in [6, 6.07) is 5.49. The summed E-state index contributed by atoms with van der Waals surface area (Å²) in [6.07, 6.45) is 3.23. The van der Waals surface area contributed by atoms with E-state index in [0.717, 1.165) is 31.2 Å². The van der Waals surface area contributed by atoms with E-state index in [0.29, 0.717) is 18.1 Å². The lowest BCUT2D eigenvalue weighted by Crippen LogP contribution is -2.36. The molecule has 0 bridgehead atoms. The van der Waals surface area contributed by atoms with Gasteiger partial charge in [0.15, 0.2) is 0 Å². The molecule has 1 aromatic carbocycles. The molecule has 1 aromatic rings. The van der Waals surface area contributed by atoms with Crippen molar-refractivity contribution in [1.82, 2.24) is 0 Å². The Bertz CT molecular complexity index is 438. The fourth-order valence-corrected chi connectivity index (χ4v) is 3.09. The first-order chi connectivity index (χ1) is 9.66. The molecule has 4 heteroatoms. The van der Waals surface area contributed by atoms with Crippen LogP contribution < -0.4 is 9.47 Å². The van der Waals surface area contributed by atoms with Crippen molar-refractivity contribution in [2.24, 2.45) is 0 Å². The fraction of sp³-hybridized carbons (Fsp3) is 0.625. The van der Waals surface area contributed by atoms with Crippen molar-refractivity contribution in [1.29, 1.82) is 0 Å². The Hall–Kier alpha value is -1.26. The van der Waals surface area contributed by atoms with Crippen molar-refractivity contribution in [3.63, 3.8) is 0 Å². The first-order valence-electron chi connectivity index (χ1n) is 7.21. The quantitative estimate of drug-likeness (QED) is 0.870. The zero-order valence-corrected chi connectivity index (χ0v) is 12.5. The van der Waals surface area contributed by atoms with Gasteiger partial charge < -0.3 is 19.3 Å². The molecule has 1 unspecified atom stereocenters. The summed E-state index contributed by atoms with van der Waals surface area (Å²) in [6.45, 7) is 2.57. The van der Waals surface area contributed by atoms with Crippen LogP contribution in [0.2, 0.25) is 0 Å². The molecule has 0 amide bonds. The number of hydrogen-bond acceptors (Lipinski definition) is 4. The molecular weight excluding hydrogens is 256 g/mol. The van der Waals surface area contributed by atoms with Crippen LogP contribution in [-0.4, -0.2) is 31.5 Å². The highest BCUT2D eigenvalue weighted by atomic mass is 16.5. The van der Waals surface area contributed by atoms with Gasteiger partial charge in [0.25, 0.3) is 0 Å². The maximum Gasteiger partial charge on any atom is 0.125 e. The molecule has 1 saturated carbocycles. The average molecular weight is 280 g/mol. The second-order valence-electron chi connectivity index (χ2n) is 5.22. The Morgan fingerprint density at radius 2 is 1.90 bits per heavy atom. The summed E-state index contributed by atoms with van der Waals surface area (Å²) in [7, 11) is 3.23. The highest BCUT2D eigenvalue weighted by molar-refractivity contribution is 5.42. The number of methoxy groups -OCH3 is 2. The van der Waals surface area contributed by atoms with Crippen LogP contribution in [0.15, 0.2) is 18.2 Å². The second kappa shape index (κ2) is 6.46. The van der Waals surface area contributed by atoms with Gasteiger partial charge in [-0.3, -0.25) is 0 Å². The van der Waals surface area contributed by atoms with Crippen LogP contribution in [0.3, 0.4) is 0 Å². The van der Waals surface area contributed by atoms with Crippen LogP contribution in [0.5, 0.6) is 11.5 Å². The first kappa shape index (κ1) is 15.1. The maximum absolute atomic E-state index is 10.9. The largest absolute Gasteiger partial charge is 0.497 e. The third-order valence-corrected chi connectivity index (χ3v) is 4.11. The molecule has 0 heterocycles. The van der Waals surface area contributed by atoms with Gasteiger partial charge in [-0.05, 0) is 38.0 Å². The van der Waals surface area contributed by atoms with E-state index < -0.39 is 11.7 Å². The van der Waals surface area contributed by atoms with Crippen LogP contribution in [0.1, 0.15) is 44.3 Å². The highest BCUT2D eigenvalue weighted by Gasteiger charge is 2.43. The van der Waals surface area contributed by atoms with E-state index in [-0.39, 0.29) is 0 Å². The van der Waals surface area contributed by atoms with Crippen LogP contribution >= 0.6 is 0 Å². The molecule has 2 rings (SSSR count). The molecule has 112 valence electrons. The van der Waals surface area contributed by atoms with Crippen molar-refractivity contribution in [3.8, 4) is 11.5 Å². The van der Waals surface area contributed by atoms with Gasteiger partial charge in [-0.2, -0.15) is 0 Å². The Morgan fingerprint density at radius 3 is 2.45 bits per heavy atom. The Morgan fingerprint density at radius 1 is 1.20 bits per heavy atom. The minimum Gasteiger partial charge on any atom is -0.497 e. The van der Waals surface area contributed by atoms with E-state index >= 15 is 0 Å². The van der Waals surface area contributed by atoms with Crippen LogP contribution in [0.4, 0.5) is 0 Å². The lowest BCUT2D eigenvalue weighted by atomic mass is 9.88. The van der Waals surface area contributed by atoms with Crippen LogP contribution in [-0.2, 0) is 4.74 Å². The summed E-state index contributed by atoms with van der Waals surface area (Å²) in [5.74, 6) is 1.38. The lowest BCUT2D eigenvalue weighted by molar-refractivity contribution is -0.119. The van der Waals surface area contributed by atoms with Crippen LogP contribution in [0, 0.1) is 0 Å². The zero-order chi connectivity index (χ0) is 14.6.